The molecule has 6 heteroatoms. The Morgan fingerprint density at radius 2 is 2.12 bits per heavy atom. The van der Waals surface area contributed by atoms with Gasteiger partial charge in [0.2, 0.25) is 0 Å². The zero-order valence-electron chi connectivity index (χ0n) is 8.57. The first-order chi connectivity index (χ1) is 7.04. The first-order valence-corrected chi connectivity index (χ1v) is 5.07. The van der Waals surface area contributed by atoms with Crippen LogP contribution < -0.4 is 5.73 Å². The molecule has 0 aliphatic carbocycles. The molecule has 0 saturated heterocycles. The van der Waals surface area contributed by atoms with E-state index in [0.717, 1.165) is 0 Å². The van der Waals surface area contributed by atoms with Crippen molar-refractivity contribution in [1.82, 2.24) is 0 Å². The molecule has 1 aromatic rings. The monoisotopic (exact) mass is 283 g/mol. The van der Waals surface area contributed by atoms with E-state index in [1.165, 1.54) is 7.11 Å². The Hall–Kier alpha value is -0.480. The number of nitrogens with two attached hydrogens (primary N) is 1. The Kier molecular flexibility index (Phi) is 6.76. The average molecular weight is 285 g/mol. The van der Waals surface area contributed by atoms with E-state index < -0.39 is 6.04 Å². The Labute approximate surface area is 110 Å². The van der Waals surface area contributed by atoms with Crippen LogP contribution in [-0.4, -0.2) is 13.1 Å². The molecule has 0 spiro atoms. The first kappa shape index (κ1) is 15.5. The summed E-state index contributed by atoms with van der Waals surface area (Å²) in [6.45, 7) is 0. The zero-order valence-corrected chi connectivity index (χ0v) is 10.9. The number of esters is 1. The fourth-order valence-corrected chi connectivity index (χ4v) is 1.72. The lowest BCUT2D eigenvalue weighted by Crippen LogP contribution is -2.16. The maximum atomic E-state index is 11.0. The fourth-order valence-electron chi connectivity index (χ4n) is 1.18. The first-order valence-electron chi connectivity index (χ1n) is 4.32. The molecule has 0 heterocycles. The van der Waals surface area contributed by atoms with Gasteiger partial charge in [0.1, 0.15) is 0 Å². The van der Waals surface area contributed by atoms with Gasteiger partial charge in [-0.15, -0.1) is 12.4 Å². The van der Waals surface area contributed by atoms with Crippen molar-refractivity contribution in [2.24, 2.45) is 5.73 Å². The second-order valence-electron chi connectivity index (χ2n) is 3.05. The molecule has 16 heavy (non-hydrogen) atoms. The van der Waals surface area contributed by atoms with Crippen molar-refractivity contribution < 1.29 is 9.53 Å². The Bertz CT molecular complexity index is 371. The molecule has 90 valence electrons. The smallest absolute Gasteiger partial charge is 0.307 e. The summed E-state index contributed by atoms with van der Waals surface area (Å²) in [6, 6.07) is 4.51. The molecule has 3 nitrogen and oxygen atoms in total. The molecule has 0 aromatic heterocycles. The van der Waals surface area contributed by atoms with E-state index in [9.17, 15) is 4.79 Å². The van der Waals surface area contributed by atoms with Crippen molar-refractivity contribution in [1.29, 1.82) is 0 Å². The highest BCUT2D eigenvalue weighted by atomic mass is 35.5. The topological polar surface area (TPSA) is 52.3 Å². The molecule has 1 rings (SSSR count). The lowest BCUT2D eigenvalue weighted by Gasteiger charge is -2.12. The van der Waals surface area contributed by atoms with Gasteiger partial charge in [-0.05, 0) is 17.7 Å². The number of benzene rings is 1. The lowest BCUT2D eigenvalue weighted by atomic mass is 10.1. The van der Waals surface area contributed by atoms with Gasteiger partial charge < -0.3 is 10.5 Å². The van der Waals surface area contributed by atoms with Gasteiger partial charge in [0.05, 0.1) is 13.5 Å². The van der Waals surface area contributed by atoms with Crippen molar-refractivity contribution >= 4 is 41.6 Å². The predicted molar refractivity (Wildman–Crippen MR) is 67.3 cm³/mol. The molecule has 0 aliphatic heterocycles. The Morgan fingerprint density at radius 1 is 1.50 bits per heavy atom. The van der Waals surface area contributed by atoms with E-state index in [-0.39, 0.29) is 24.8 Å². The average Bonchev–Trinajstić information content (AvgIpc) is 2.17. The number of carbonyl (C=O) groups excluding carboxylic acids is 1. The fraction of sp³-hybridized carbons (Fsp3) is 0.300. The van der Waals surface area contributed by atoms with E-state index in [1.54, 1.807) is 18.2 Å². The summed E-state index contributed by atoms with van der Waals surface area (Å²) in [5.41, 5.74) is 6.48. The van der Waals surface area contributed by atoms with Crippen molar-refractivity contribution in [2.45, 2.75) is 12.5 Å². The lowest BCUT2D eigenvalue weighted by molar-refractivity contribution is -0.141. The molecule has 0 amide bonds. The predicted octanol–water partition coefficient (Wildman–Crippen LogP) is 2.98. The number of halogens is 3. The largest absolute Gasteiger partial charge is 0.469 e. The van der Waals surface area contributed by atoms with Crippen LogP contribution in [0.4, 0.5) is 0 Å². The van der Waals surface area contributed by atoms with Gasteiger partial charge in [-0.1, -0.05) is 29.3 Å². The molecular weight excluding hydrogens is 272 g/mol. The maximum Gasteiger partial charge on any atom is 0.307 e. The summed E-state index contributed by atoms with van der Waals surface area (Å²) in [4.78, 5) is 11.0. The Morgan fingerprint density at radius 3 is 2.62 bits per heavy atom. The van der Waals surface area contributed by atoms with E-state index in [2.05, 4.69) is 4.74 Å². The van der Waals surface area contributed by atoms with E-state index >= 15 is 0 Å². The third kappa shape index (κ3) is 4.18. The summed E-state index contributed by atoms with van der Waals surface area (Å²) in [5.74, 6) is -0.367. The highest BCUT2D eigenvalue weighted by Gasteiger charge is 2.14. The molecule has 1 aromatic carbocycles. The third-order valence-electron chi connectivity index (χ3n) is 1.98. The van der Waals surface area contributed by atoms with Crippen LogP contribution in [0, 0.1) is 0 Å². The number of carbonyl (C=O) groups is 1. The van der Waals surface area contributed by atoms with Crippen LogP contribution in [0.2, 0.25) is 10.0 Å². The Balaban J connectivity index is 0.00000225. The van der Waals surface area contributed by atoms with Gasteiger partial charge in [-0.3, -0.25) is 4.79 Å². The second kappa shape index (κ2) is 6.97. The van der Waals surface area contributed by atoms with Gasteiger partial charge in [-0.2, -0.15) is 0 Å². The van der Waals surface area contributed by atoms with Crippen molar-refractivity contribution in [3.05, 3.63) is 33.8 Å². The molecule has 0 aliphatic rings. The summed E-state index contributed by atoms with van der Waals surface area (Å²) < 4.78 is 4.52. The van der Waals surface area contributed by atoms with E-state index in [1.807, 2.05) is 0 Å². The van der Waals surface area contributed by atoms with Crippen molar-refractivity contribution in [3.8, 4) is 0 Å². The summed E-state index contributed by atoms with van der Waals surface area (Å²) in [6.07, 6.45) is 0.0951. The highest BCUT2D eigenvalue weighted by Crippen LogP contribution is 2.26. The minimum Gasteiger partial charge on any atom is -0.469 e. The summed E-state index contributed by atoms with van der Waals surface area (Å²) in [5, 5.41) is 0.993. The zero-order chi connectivity index (χ0) is 11.4. The molecule has 0 saturated carbocycles. The van der Waals surface area contributed by atoms with Crippen LogP contribution in [0.25, 0.3) is 0 Å². The highest BCUT2D eigenvalue weighted by molar-refractivity contribution is 6.35. The number of hydrogen-bond acceptors (Lipinski definition) is 3. The normalized spacial score (nSPS) is 11.5. The second-order valence-corrected chi connectivity index (χ2v) is 3.90. The van der Waals surface area contributed by atoms with Crippen LogP contribution in [0.15, 0.2) is 18.2 Å². The summed E-state index contributed by atoms with van der Waals surface area (Å²) in [7, 11) is 1.32. The molecular formula is C10H12Cl3NO2. The molecule has 0 bridgehead atoms. The van der Waals surface area contributed by atoms with Gasteiger partial charge in [0.15, 0.2) is 0 Å². The van der Waals surface area contributed by atoms with Crippen LogP contribution in [0.1, 0.15) is 18.0 Å². The molecule has 0 fully saturated rings. The summed E-state index contributed by atoms with van der Waals surface area (Å²) >= 11 is 11.7. The van der Waals surface area contributed by atoms with E-state index in [4.69, 9.17) is 28.9 Å². The van der Waals surface area contributed by atoms with Crippen molar-refractivity contribution in [3.63, 3.8) is 0 Å². The third-order valence-corrected chi connectivity index (χ3v) is 2.54. The molecule has 1 atom stereocenters. The standard InChI is InChI=1S/C10H11Cl2NO2.ClH/c1-15-10(14)5-9(13)7-3-2-6(11)4-8(7)12;/h2-4,9H,5,13H2,1H3;1H. The number of methoxy groups -OCH3 is 1. The SMILES string of the molecule is COC(=O)CC(N)c1ccc(Cl)cc1Cl.Cl. The van der Waals surface area contributed by atoms with Crippen molar-refractivity contribution in [2.75, 3.05) is 7.11 Å². The number of hydrogen-bond donors (Lipinski definition) is 1. The van der Waals surface area contributed by atoms with E-state index in [0.29, 0.717) is 15.6 Å². The van der Waals surface area contributed by atoms with Gasteiger partial charge in [-0.25, -0.2) is 0 Å². The molecule has 0 radical (unpaired) electrons. The van der Waals surface area contributed by atoms with Crippen LogP contribution in [-0.2, 0) is 9.53 Å². The van der Waals surface area contributed by atoms with Crippen LogP contribution in [0.3, 0.4) is 0 Å². The maximum absolute atomic E-state index is 11.0. The van der Waals surface area contributed by atoms with Gasteiger partial charge in [0.25, 0.3) is 0 Å². The quantitative estimate of drug-likeness (QED) is 0.868. The van der Waals surface area contributed by atoms with Crippen LogP contribution >= 0.6 is 35.6 Å². The molecule has 1 unspecified atom stereocenters. The minimum absolute atomic E-state index is 0. The minimum atomic E-state index is -0.470. The van der Waals surface area contributed by atoms with Gasteiger partial charge in [0, 0.05) is 16.1 Å². The number of ether oxygens (including phenoxy) is 1. The number of rotatable bonds is 3. The van der Waals surface area contributed by atoms with Crippen LogP contribution in [0.5, 0.6) is 0 Å². The molecule has 2 N–H and O–H groups in total. The van der Waals surface area contributed by atoms with Gasteiger partial charge >= 0.3 is 5.97 Å².